The number of nitrogens with one attached hydrogen (secondary N) is 1. The van der Waals surface area contributed by atoms with Crippen LogP contribution >= 0.6 is 0 Å². The quantitative estimate of drug-likeness (QED) is 0.557. The fourth-order valence-corrected chi connectivity index (χ4v) is 4.35. The van der Waals surface area contributed by atoms with Crippen LogP contribution in [0.25, 0.3) is 0 Å². The van der Waals surface area contributed by atoms with Crippen molar-refractivity contribution in [3.05, 3.63) is 95.1 Å². The third-order valence-corrected chi connectivity index (χ3v) is 6.09. The molecule has 0 radical (unpaired) electrons. The van der Waals surface area contributed by atoms with E-state index in [1.807, 2.05) is 66.7 Å². The van der Waals surface area contributed by atoms with Crippen molar-refractivity contribution in [1.29, 1.82) is 5.26 Å². The standard InChI is InChI=1S/C28H27N3O3/c1-20(32)31-17-15-22-6-2-4-8-25(22)27(31)18-28(33)30-26-9-5-3-7-23(26)19-34-24-12-10-21(11-13-24)14-16-29/h2-13,27H,14-15,17-19H2,1H3,(H,30,33). The summed E-state index contributed by atoms with van der Waals surface area (Å²) in [6.45, 7) is 2.46. The molecule has 172 valence electrons. The fourth-order valence-electron chi connectivity index (χ4n) is 4.35. The van der Waals surface area contributed by atoms with Crippen molar-refractivity contribution in [3.8, 4) is 11.8 Å². The molecule has 2 amide bonds. The third kappa shape index (κ3) is 5.44. The maximum atomic E-state index is 13.1. The predicted octanol–water partition coefficient (Wildman–Crippen LogP) is 4.81. The second kappa shape index (κ2) is 10.7. The van der Waals surface area contributed by atoms with Crippen molar-refractivity contribution in [2.75, 3.05) is 11.9 Å². The average Bonchev–Trinajstić information content (AvgIpc) is 2.84. The first-order chi connectivity index (χ1) is 16.5. The van der Waals surface area contributed by atoms with E-state index in [1.165, 1.54) is 5.56 Å². The first-order valence-corrected chi connectivity index (χ1v) is 11.4. The molecule has 1 aliphatic heterocycles. The Bertz CT molecular complexity index is 1210. The number of anilines is 1. The zero-order valence-electron chi connectivity index (χ0n) is 19.2. The highest BCUT2D eigenvalue weighted by Crippen LogP contribution is 2.32. The van der Waals surface area contributed by atoms with Gasteiger partial charge in [-0.1, -0.05) is 54.6 Å². The zero-order chi connectivity index (χ0) is 23.9. The van der Waals surface area contributed by atoms with Crippen molar-refractivity contribution >= 4 is 17.5 Å². The van der Waals surface area contributed by atoms with Crippen molar-refractivity contribution < 1.29 is 14.3 Å². The molecule has 1 unspecified atom stereocenters. The first kappa shape index (κ1) is 23.1. The molecule has 6 heteroatoms. The summed E-state index contributed by atoms with van der Waals surface area (Å²) < 4.78 is 5.91. The lowest BCUT2D eigenvalue weighted by molar-refractivity contribution is -0.132. The lowest BCUT2D eigenvalue weighted by atomic mass is 9.90. The predicted molar refractivity (Wildman–Crippen MR) is 130 cm³/mol. The molecule has 1 aliphatic rings. The maximum absolute atomic E-state index is 13.1. The molecule has 4 rings (SSSR count). The molecule has 0 saturated heterocycles. The number of fused-ring (bicyclic) bond motifs is 1. The summed E-state index contributed by atoms with van der Waals surface area (Å²) >= 11 is 0. The molecular formula is C28H27N3O3. The van der Waals surface area contributed by atoms with Crippen LogP contribution in [0.1, 0.15) is 41.6 Å². The van der Waals surface area contributed by atoms with E-state index in [4.69, 9.17) is 10.00 Å². The van der Waals surface area contributed by atoms with Gasteiger partial charge in [0.2, 0.25) is 11.8 Å². The normalized spacial score (nSPS) is 14.6. The summed E-state index contributed by atoms with van der Waals surface area (Å²) in [5.41, 5.74) is 4.70. The number of benzene rings is 3. The smallest absolute Gasteiger partial charge is 0.226 e. The van der Waals surface area contributed by atoms with E-state index in [0.29, 0.717) is 31.0 Å². The molecule has 34 heavy (non-hydrogen) atoms. The molecule has 3 aromatic rings. The van der Waals surface area contributed by atoms with Gasteiger partial charge in [0.15, 0.2) is 0 Å². The number of nitrogens with zero attached hydrogens (tertiary/aromatic N) is 2. The molecule has 1 heterocycles. The van der Waals surface area contributed by atoms with Gasteiger partial charge in [-0.15, -0.1) is 0 Å². The monoisotopic (exact) mass is 453 g/mol. The van der Waals surface area contributed by atoms with Gasteiger partial charge in [0, 0.05) is 24.7 Å². The van der Waals surface area contributed by atoms with Crippen molar-refractivity contribution in [2.45, 2.75) is 38.8 Å². The minimum atomic E-state index is -0.280. The van der Waals surface area contributed by atoms with Crippen molar-refractivity contribution in [1.82, 2.24) is 4.90 Å². The minimum absolute atomic E-state index is 0.0260. The third-order valence-electron chi connectivity index (χ3n) is 6.09. The topological polar surface area (TPSA) is 82.4 Å². The summed E-state index contributed by atoms with van der Waals surface area (Å²) in [7, 11) is 0. The van der Waals surface area contributed by atoms with Gasteiger partial charge < -0.3 is 15.0 Å². The lowest BCUT2D eigenvalue weighted by Crippen LogP contribution is -2.40. The minimum Gasteiger partial charge on any atom is -0.489 e. The Morgan fingerprint density at radius 1 is 1.06 bits per heavy atom. The molecule has 1 N–H and O–H groups in total. The summed E-state index contributed by atoms with van der Waals surface area (Å²) in [6, 6.07) is 24.8. The zero-order valence-corrected chi connectivity index (χ0v) is 19.2. The molecule has 3 aromatic carbocycles. The molecule has 0 saturated carbocycles. The van der Waals surface area contributed by atoms with Gasteiger partial charge in [-0.2, -0.15) is 5.26 Å². The molecule has 1 atom stereocenters. The van der Waals surface area contributed by atoms with Crippen LogP contribution < -0.4 is 10.1 Å². The van der Waals surface area contributed by atoms with Crippen molar-refractivity contribution in [2.24, 2.45) is 0 Å². The van der Waals surface area contributed by atoms with Gasteiger partial charge in [0.1, 0.15) is 12.4 Å². The van der Waals surface area contributed by atoms with E-state index in [0.717, 1.165) is 23.1 Å². The van der Waals surface area contributed by atoms with Crippen LogP contribution in [0.3, 0.4) is 0 Å². The van der Waals surface area contributed by atoms with Gasteiger partial charge in [-0.3, -0.25) is 9.59 Å². The molecule has 0 aromatic heterocycles. The summed E-state index contributed by atoms with van der Waals surface area (Å²) in [6.07, 6.45) is 1.35. The highest BCUT2D eigenvalue weighted by molar-refractivity contribution is 5.92. The highest BCUT2D eigenvalue weighted by Gasteiger charge is 2.30. The molecule has 0 bridgehead atoms. The highest BCUT2D eigenvalue weighted by atomic mass is 16.5. The number of carbonyl (C=O) groups excluding carboxylic acids is 2. The van der Waals surface area contributed by atoms with Gasteiger partial charge in [-0.05, 0) is 41.3 Å². The van der Waals surface area contributed by atoms with Gasteiger partial charge in [-0.25, -0.2) is 0 Å². The number of hydrogen-bond acceptors (Lipinski definition) is 4. The summed E-state index contributed by atoms with van der Waals surface area (Å²) in [5, 5.41) is 11.8. The second-order valence-electron chi connectivity index (χ2n) is 8.35. The molecule has 6 nitrogen and oxygen atoms in total. The first-order valence-electron chi connectivity index (χ1n) is 11.4. The van der Waals surface area contributed by atoms with Gasteiger partial charge in [0.05, 0.1) is 25.0 Å². The van der Waals surface area contributed by atoms with Gasteiger partial charge in [0.25, 0.3) is 0 Å². The number of hydrogen-bond donors (Lipinski definition) is 1. The van der Waals surface area contributed by atoms with E-state index in [1.54, 1.807) is 11.8 Å². The Kier molecular flexibility index (Phi) is 7.24. The van der Waals surface area contributed by atoms with Crippen LogP contribution in [-0.2, 0) is 29.0 Å². The number of amides is 2. The average molecular weight is 454 g/mol. The summed E-state index contributed by atoms with van der Waals surface area (Å²) in [4.78, 5) is 27.1. The maximum Gasteiger partial charge on any atom is 0.226 e. The van der Waals surface area contributed by atoms with E-state index in [2.05, 4.69) is 17.5 Å². The number of para-hydroxylation sites is 1. The summed E-state index contributed by atoms with van der Waals surface area (Å²) in [5.74, 6) is 0.516. The molecule has 0 spiro atoms. The SMILES string of the molecule is CC(=O)N1CCc2ccccc2C1CC(=O)Nc1ccccc1COc1ccc(CC#N)cc1. The van der Waals surface area contributed by atoms with Crippen LogP contribution in [0, 0.1) is 11.3 Å². The van der Waals surface area contributed by atoms with E-state index < -0.39 is 0 Å². The molecule has 0 fully saturated rings. The molecule has 0 aliphatic carbocycles. The Labute approximate surface area is 199 Å². The van der Waals surface area contributed by atoms with Crippen LogP contribution in [0.4, 0.5) is 5.69 Å². The Hall–Kier alpha value is -4.11. The van der Waals surface area contributed by atoms with Crippen LogP contribution in [0.15, 0.2) is 72.8 Å². The number of carbonyl (C=O) groups is 2. The molecular weight excluding hydrogens is 426 g/mol. The van der Waals surface area contributed by atoms with Gasteiger partial charge >= 0.3 is 0 Å². The Morgan fingerprint density at radius 3 is 2.56 bits per heavy atom. The second-order valence-corrected chi connectivity index (χ2v) is 8.35. The number of ether oxygens (including phenoxy) is 1. The Balaban J connectivity index is 1.44. The number of nitriles is 1. The van der Waals surface area contributed by atoms with Crippen molar-refractivity contribution in [3.63, 3.8) is 0 Å². The largest absolute Gasteiger partial charge is 0.489 e. The van der Waals surface area contributed by atoms with Crippen LogP contribution in [0.2, 0.25) is 0 Å². The Morgan fingerprint density at radius 2 is 1.79 bits per heavy atom. The fraction of sp³-hybridized carbons (Fsp3) is 0.250. The van der Waals surface area contributed by atoms with E-state index in [9.17, 15) is 9.59 Å². The van der Waals surface area contributed by atoms with Crippen LogP contribution in [-0.4, -0.2) is 23.3 Å². The number of rotatable bonds is 7. The lowest BCUT2D eigenvalue weighted by Gasteiger charge is -2.36. The van der Waals surface area contributed by atoms with Crippen LogP contribution in [0.5, 0.6) is 5.75 Å². The van der Waals surface area contributed by atoms with E-state index >= 15 is 0 Å². The van der Waals surface area contributed by atoms with E-state index in [-0.39, 0.29) is 24.3 Å².